The maximum atomic E-state index is 12.8. The summed E-state index contributed by atoms with van der Waals surface area (Å²) >= 11 is 0. The zero-order valence-electron chi connectivity index (χ0n) is 7.43. The van der Waals surface area contributed by atoms with Gasteiger partial charge in [-0.3, -0.25) is 4.90 Å². The van der Waals surface area contributed by atoms with Crippen LogP contribution >= 0.6 is 12.4 Å². The van der Waals surface area contributed by atoms with E-state index in [0.717, 1.165) is 19.5 Å². The summed E-state index contributed by atoms with van der Waals surface area (Å²) in [5, 5.41) is 3.19. The molecule has 0 radical (unpaired) electrons. The molecule has 78 valence electrons. The van der Waals surface area contributed by atoms with Gasteiger partial charge in [0, 0.05) is 25.6 Å². The third-order valence-corrected chi connectivity index (χ3v) is 2.75. The molecule has 2 heterocycles. The summed E-state index contributed by atoms with van der Waals surface area (Å²) in [5.41, 5.74) is 0. The Balaban J connectivity index is 0.000000845. The second-order valence-electron chi connectivity index (χ2n) is 3.72. The molecule has 0 aromatic heterocycles. The average Bonchev–Trinajstić information content (AvgIpc) is 2.55. The highest BCUT2D eigenvalue weighted by molar-refractivity contribution is 5.85. The van der Waals surface area contributed by atoms with Crippen molar-refractivity contribution in [3.63, 3.8) is 0 Å². The maximum absolute atomic E-state index is 12.8. The first-order chi connectivity index (χ1) is 5.67. The molecular weight excluding hydrogens is 198 g/mol. The topological polar surface area (TPSA) is 15.3 Å². The van der Waals surface area contributed by atoms with Crippen molar-refractivity contribution < 1.29 is 8.78 Å². The smallest absolute Gasteiger partial charge is 0.261 e. The molecule has 0 saturated carbocycles. The minimum absolute atomic E-state index is 0. The third kappa shape index (κ3) is 2.51. The first-order valence-electron chi connectivity index (χ1n) is 4.50. The van der Waals surface area contributed by atoms with Crippen molar-refractivity contribution in [2.75, 3.05) is 26.2 Å². The van der Waals surface area contributed by atoms with Crippen molar-refractivity contribution in [2.45, 2.75) is 24.8 Å². The largest absolute Gasteiger partial charge is 0.315 e. The lowest BCUT2D eigenvalue weighted by atomic mass is 10.2. The van der Waals surface area contributed by atoms with Gasteiger partial charge in [-0.05, 0) is 13.0 Å². The van der Waals surface area contributed by atoms with E-state index in [2.05, 4.69) is 5.32 Å². The molecule has 0 aromatic carbocycles. The van der Waals surface area contributed by atoms with Crippen LogP contribution in [0, 0.1) is 0 Å². The van der Waals surface area contributed by atoms with Crippen LogP contribution in [-0.4, -0.2) is 43.0 Å². The van der Waals surface area contributed by atoms with Crippen molar-refractivity contribution >= 4 is 12.4 Å². The zero-order valence-corrected chi connectivity index (χ0v) is 8.25. The van der Waals surface area contributed by atoms with E-state index in [1.807, 2.05) is 4.90 Å². The van der Waals surface area contributed by atoms with Gasteiger partial charge in [0.2, 0.25) is 0 Å². The number of hydrogen-bond donors (Lipinski definition) is 1. The van der Waals surface area contributed by atoms with Crippen LogP contribution in [0.25, 0.3) is 0 Å². The van der Waals surface area contributed by atoms with Crippen LogP contribution in [0.2, 0.25) is 0 Å². The highest BCUT2D eigenvalue weighted by atomic mass is 35.5. The Morgan fingerprint density at radius 3 is 2.62 bits per heavy atom. The molecule has 1 N–H and O–H groups in total. The van der Waals surface area contributed by atoms with E-state index in [4.69, 9.17) is 0 Å². The number of hydrogen-bond acceptors (Lipinski definition) is 2. The minimum Gasteiger partial charge on any atom is -0.315 e. The van der Waals surface area contributed by atoms with E-state index in [1.165, 1.54) is 0 Å². The molecule has 2 fully saturated rings. The Kier molecular flexibility index (Phi) is 3.49. The molecular formula is C8H15ClF2N2. The van der Waals surface area contributed by atoms with Gasteiger partial charge in [-0.2, -0.15) is 0 Å². The number of halogens is 3. The minimum atomic E-state index is -2.43. The summed E-state index contributed by atoms with van der Waals surface area (Å²) in [6, 6.07) is 0.360. The Bertz CT molecular complexity index is 172. The SMILES string of the molecule is Cl.FC1(F)CCN(C2CCNC2)C1. The van der Waals surface area contributed by atoms with Crippen molar-refractivity contribution in [1.82, 2.24) is 10.2 Å². The molecule has 2 rings (SSSR count). The van der Waals surface area contributed by atoms with E-state index in [1.54, 1.807) is 0 Å². The van der Waals surface area contributed by atoms with Gasteiger partial charge in [-0.1, -0.05) is 0 Å². The highest BCUT2D eigenvalue weighted by Crippen LogP contribution is 2.29. The Morgan fingerprint density at radius 2 is 2.15 bits per heavy atom. The molecule has 0 spiro atoms. The molecule has 13 heavy (non-hydrogen) atoms. The average molecular weight is 213 g/mol. The molecule has 0 bridgehead atoms. The number of nitrogens with one attached hydrogen (secondary N) is 1. The molecule has 2 aliphatic heterocycles. The Labute approximate surface area is 83.1 Å². The zero-order chi connectivity index (χ0) is 8.60. The van der Waals surface area contributed by atoms with Crippen molar-refractivity contribution in [3.8, 4) is 0 Å². The van der Waals surface area contributed by atoms with Gasteiger partial charge in [0.05, 0.1) is 6.54 Å². The Hall–Kier alpha value is 0.0700. The molecule has 0 aliphatic carbocycles. The fourth-order valence-corrected chi connectivity index (χ4v) is 2.03. The number of alkyl halides is 2. The molecule has 2 aliphatic rings. The second-order valence-corrected chi connectivity index (χ2v) is 3.72. The normalized spacial score (nSPS) is 33.2. The van der Waals surface area contributed by atoms with Gasteiger partial charge in [0.25, 0.3) is 5.92 Å². The van der Waals surface area contributed by atoms with Crippen molar-refractivity contribution in [2.24, 2.45) is 0 Å². The van der Waals surface area contributed by atoms with Crippen LogP contribution < -0.4 is 5.32 Å². The molecule has 0 amide bonds. The van der Waals surface area contributed by atoms with Crippen LogP contribution in [0.15, 0.2) is 0 Å². The predicted octanol–water partition coefficient (Wildman–Crippen LogP) is 1.11. The van der Waals surface area contributed by atoms with Gasteiger partial charge < -0.3 is 5.32 Å². The summed E-state index contributed by atoms with van der Waals surface area (Å²) in [6.07, 6.45) is 1.07. The molecule has 1 unspecified atom stereocenters. The van der Waals surface area contributed by atoms with E-state index >= 15 is 0 Å². The molecule has 2 nitrogen and oxygen atoms in total. The van der Waals surface area contributed by atoms with Gasteiger partial charge >= 0.3 is 0 Å². The summed E-state index contributed by atoms with van der Waals surface area (Å²) in [5.74, 6) is -2.43. The molecule has 1 atom stereocenters. The number of nitrogens with zero attached hydrogens (tertiary/aromatic N) is 1. The predicted molar refractivity (Wildman–Crippen MR) is 49.7 cm³/mol. The third-order valence-electron chi connectivity index (χ3n) is 2.75. The highest BCUT2D eigenvalue weighted by Gasteiger charge is 2.41. The van der Waals surface area contributed by atoms with Crippen molar-refractivity contribution in [3.05, 3.63) is 0 Å². The first kappa shape index (κ1) is 11.1. The summed E-state index contributed by atoms with van der Waals surface area (Å²) in [7, 11) is 0. The lowest BCUT2D eigenvalue weighted by Crippen LogP contribution is -2.36. The van der Waals surface area contributed by atoms with E-state index in [9.17, 15) is 8.78 Å². The van der Waals surface area contributed by atoms with E-state index in [0.29, 0.717) is 12.6 Å². The van der Waals surface area contributed by atoms with Crippen molar-refractivity contribution in [1.29, 1.82) is 0 Å². The quantitative estimate of drug-likeness (QED) is 0.701. The lowest BCUT2D eigenvalue weighted by molar-refractivity contribution is 0.00852. The maximum Gasteiger partial charge on any atom is 0.261 e. The molecule has 5 heteroatoms. The molecule has 0 aromatic rings. The van der Waals surface area contributed by atoms with Crippen LogP contribution in [0.1, 0.15) is 12.8 Å². The van der Waals surface area contributed by atoms with Gasteiger partial charge in [0.1, 0.15) is 0 Å². The lowest BCUT2D eigenvalue weighted by Gasteiger charge is -2.22. The van der Waals surface area contributed by atoms with Gasteiger partial charge in [-0.25, -0.2) is 8.78 Å². The first-order valence-corrected chi connectivity index (χ1v) is 4.50. The van der Waals surface area contributed by atoms with Gasteiger partial charge in [-0.15, -0.1) is 12.4 Å². The van der Waals surface area contributed by atoms with E-state index < -0.39 is 5.92 Å². The summed E-state index contributed by atoms with van der Waals surface area (Å²) in [6.45, 7) is 2.40. The number of rotatable bonds is 1. The number of likely N-dealkylation sites (tertiary alicyclic amines) is 1. The fraction of sp³-hybridized carbons (Fsp3) is 1.00. The van der Waals surface area contributed by atoms with Crippen LogP contribution in [0.3, 0.4) is 0 Å². The molecule has 2 saturated heterocycles. The monoisotopic (exact) mass is 212 g/mol. The standard InChI is InChI=1S/C8H14F2N2.ClH/c9-8(10)2-4-12(6-8)7-1-3-11-5-7;/h7,11H,1-6H2;1H. The fourth-order valence-electron chi connectivity index (χ4n) is 2.03. The van der Waals surface area contributed by atoms with Gasteiger partial charge in [0.15, 0.2) is 0 Å². The second kappa shape index (κ2) is 4.07. The summed E-state index contributed by atoms with van der Waals surface area (Å²) in [4.78, 5) is 1.92. The van der Waals surface area contributed by atoms with E-state index in [-0.39, 0.29) is 25.4 Å². The van der Waals surface area contributed by atoms with Crippen LogP contribution in [-0.2, 0) is 0 Å². The van der Waals surface area contributed by atoms with Crippen LogP contribution in [0.5, 0.6) is 0 Å². The summed E-state index contributed by atoms with van der Waals surface area (Å²) < 4.78 is 25.6. The Morgan fingerprint density at radius 1 is 1.38 bits per heavy atom. The van der Waals surface area contributed by atoms with Crippen LogP contribution in [0.4, 0.5) is 8.78 Å².